The van der Waals surface area contributed by atoms with Crippen molar-refractivity contribution >= 4 is 29.2 Å². The number of hydrogen-bond donors (Lipinski definition) is 2. The molecule has 0 bridgehead atoms. The molecule has 0 saturated carbocycles. The van der Waals surface area contributed by atoms with E-state index < -0.39 is 11.9 Å². The maximum atomic E-state index is 12.4. The summed E-state index contributed by atoms with van der Waals surface area (Å²) in [5.41, 5.74) is 0.666. The van der Waals surface area contributed by atoms with Crippen molar-refractivity contribution in [2.45, 2.75) is 0 Å². The van der Waals surface area contributed by atoms with Crippen LogP contribution in [-0.4, -0.2) is 24.1 Å². The van der Waals surface area contributed by atoms with Crippen LogP contribution in [0.15, 0.2) is 59.0 Å². The predicted octanol–water partition coefficient (Wildman–Crippen LogP) is 4.34. The molecule has 0 fully saturated rings. The van der Waals surface area contributed by atoms with E-state index in [1.165, 1.54) is 31.4 Å². The van der Waals surface area contributed by atoms with Crippen molar-refractivity contribution in [2.75, 3.05) is 12.4 Å². The highest BCUT2D eigenvalue weighted by Crippen LogP contribution is 2.31. The molecule has 0 spiro atoms. The van der Waals surface area contributed by atoms with Gasteiger partial charge in [0, 0.05) is 5.56 Å². The van der Waals surface area contributed by atoms with Crippen molar-refractivity contribution in [1.82, 2.24) is 0 Å². The second kappa shape index (κ2) is 7.33. The van der Waals surface area contributed by atoms with Crippen LogP contribution in [0.1, 0.15) is 20.9 Å². The smallest absolute Gasteiger partial charge is 0.341 e. The van der Waals surface area contributed by atoms with Gasteiger partial charge in [-0.3, -0.25) is 4.79 Å². The summed E-state index contributed by atoms with van der Waals surface area (Å²) in [6.45, 7) is 0. The predicted molar refractivity (Wildman–Crippen MR) is 96.6 cm³/mol. The molecule has 0 aliphatic heterocycles. The number of nitrogens with one attached hydrogen (secondary N) is 1. The number of aromatic hydroxyl groups is 1. The van der Waals surface area contributed by atoms with Gasteiger partial charge in [0.05, 0.1) is 17.8 Å². The Labute approximate surface area is 154 Å². The lowest BCUT2D eigenvalue weighted by Gasteiger charge is -2.09. The Balaban J connectivity index is 1.84. The van der Waals surface area contributed by atoms with Crippen LogP contribution in [0.5, 0.6) is 5.75 Å². The highest BCUT2D eigenvalue weighted by Gasteiger charge is 2.18. The van der Waals surface area contributed by atoms with E-state index in [1.807, 2.05) is 0 Å². The third kappa shape index (κ3) is 3.41. The molecule has 2 N–H and O–H groups in total. The van der Waals surface area contributed by atoms with Crippen molar-refractivity contribution in [2.24, 2.45) is 0 Å². The van der Waals surface area contributed by atoms with E-state index in [4.69, 9.17) is 16.0 Å². The lowest BCUT2D eigenvalue weighted by molar-refractivity contribution is 0.0597. The number of halogens is 1. The SMILES string of the molecule is COC(=O)c1cccc(NC(=O)c2ccc(-c3ccccc3Cl)o2)c1O. The summed E-state index contributed by atoms with van der Waals surface area (Å²) < 4.78 is 10.1. The first-order valence-electron chi connectivity index (χ1n) is 7.57. The summed E-state index contributed by atoms with van der Waals surface area (Å²) >= 11 is 6.12. The van der Waals surface area contributed by atoms with Crippen LogP contribution >= 0.6 is 11.6 Å². The molecule has 132 valence electrons. The molecule has 26 heavy (non-hydrogen) atoms. The highest BCUT2D eigenvalue weighted by atomic mass is 35.5. The van der Waals surface area contributed by atoms with E-state index in [1.54, 1.807) is 30.3 Å². The standard InChI is InChI=1S/C19H14ClNO5/c1-25-19(24)12-6-4-8-14(17(12)22)21-18(23)16-10-9-15(26-16)11-5-2-3-7-13(11)20/h2-10,22H,1H3,(H,21,23). The minimum Gasteiger partial charge on any atom is -0.505 e. The average molecular weight is 372 g/mol. The first-order chi connectivity index (χ1) is 12.5. The minimum absolute atomic E-state index is 0.0304. The Morgan fingerprint density at radius 1 is 1.08 bits per heavy atom. The Bertz CT molecular complexity index is 980. The van der Waals surface area contributed by atoms with Crippen LogP contribution in [0.2, 0.25) is 5.02 Å². The molecule has 0 saturated heterocycles. The Kier molecular flexibility index (Phi) is 4.95. The third-order valence-corrected chi connectivity index (χ3v) is 3.99. The van der Waals surface area contributed by atoms with Gasteiger partial charge < -0.3 is 19.6 Å². The van der Waals surface area contributed by atoms with Gasteiger partial charge in [0.15, 0.2) is 11.5 Å². The van der Waals surface area contributed by atoms with Crippen LogP contribution < -0.4 is 5.32 Å². The van der Waals surface area contributed by atoms with E-state index in [0.717, 1.165) is 0 Å². The number of rotatable bonds is 4. The minimum atomic E-state index is -0.711. The van der Waals surface area contributed by atoms with Crippen molar-refractivity contribution in [3.8, 4) is 17.1 Å². The van der Waals surface area contributed by atoms with Crippen LogP contribution in [0, 0.1) is 0 Å². The topological polar surface area (TPSA) is 88.8 Å². The van der Waals surface area contributed by atoms with Crippen LogP contribution in [0.3, 0.4) is 0 Å². The van der Waals surface area contributed by atoms with Gasteiger partial charge >= 0.3 is 5.97 Å². The van der Waals surface area contributed by atoms with Crippen molar-refractivity contribution in [3.05, 3.63) is 70.9 Å². The Hall–Kier alpha value is -3.25. The van der Waals surface area contributed by atoms with E-state index in [2.05, 4.69) is 10.1 Å². The number of amides is 1. The van der Waals surface area contributed by atoms with Gasteiger partial charge in [-0.15, -0.1) is 0 Å². The average Bonchev–Trinajstić information content (AvgIpc) is 3.13. The maximum Gasteiger partial charge on any atom is 0.341 e. The molecule has 0 aliphatic carbocycles. The fourth-order valence-electron chi connectivity index (χ4n) is 2.37. The zero-order valence-corrected chi connectivity index (χ0v) is 14.4. The van der Waals surface area contributed by atoms with Gasteiger partial charge in [-0.05, 0) is 36.4 Å². The molecular weight excluding hydrogens is 358 g/mol. The number of phenols is 1. The molecule has 1 aromatic heterocycles. The molecule has 0 radical (unpaired) electrons. The summed E-state index contributed by atoms with van der Waals surface area (Å²) in [6.07, 6.45) is 0. The molecule has 7 heteroatoms. The van der Waals surface area contributed by atoms with Gasteiger partial charge in [0.1, 0.15) is 11.3 Å². The number of methoxy groups -OCH3 is 1. The second-order valence-electron chi connectivity index (χ2n) is 5.29. The van der Waals surface area contributed by atoms with E-state index >= 15 is 0 Å². The van der Waals surface area contributed by atoms with Crippen molar-refractivity contribution in [1.29, 1.82) is 0 Å². The summed E-state index contributed by atoms with van der Waals surface area (Å²) in [7, 11) is 1.20. The van der Waals surface area contributed by atoms with Crippen molar-refractivity contribution < 1.29 is 23.8 Å². The number of carbonyl (C=O) groups is 2. The monoisotopic (exact) mass is 371 g/mol. The Morgan fingerprint density at radius 3 is 2.58 bits per heavy atom. The summed E-state index contributed by atoms with van der Waals surface area (Å²) in [6, 6.07) is 14.6. The number of hydrogen-bond acceptors (Lipinski definition) is 5. The number of phenolic OH excluding ortho intramolecular Hbond substituents is 1. The molecule has 2 aromatic carbocycles. The molecule has 0 unspecified atom stereocenters. The molecular formula is C19H14ClNO5. The molecule has 0 aliphatic rings. The number of furan rings is 1. The quantitative estimate of drug-likeness (QED) is 0.526. The molecule has 3 aromatic rings. The number of anilines is 1. The lowest BCUT2D eigenvalue weighted by atomic mass is 10.1. The largest absolute Gasteiger partial charge is 0.505 e. The number of para-hydroxylation sites is 1. The van der Waals surface area contributed by atoms with Gasteiger partial charge in [-0.2, -0.15) is 0 Å². The van der Waals surface area contributed by atoms with E-state index in [0.29, 0.717) is 16.3 Å². The third-order valence-electron chi connectivity index (χ3n) is 3.66. The van der Waals surface area contributed by atoms with Crippen LogP contribution in [0.25, 0.3) is 11.3 Å². The highest BCUT2D eigenvalue weighted by molar-refractivity contribution is 6.33. The van der Waals surface area contributed by atoms with Gasteiger partial charge in [0.25, 0.3) is 5.91 Å². The number of esters is 1. The summed E-state index contributed by atoms with van der Waals surface area (Å²) in [5, 5.41) is 13.1. The van der Waals surface area contributed by atoms with E-state index in [-0.39, 0.29) is 22.8 Å². The molecule has 6 nitrogen and oxygen atoms in total. The van der Waals surface area contributed by atoms with Crippen LogP contribution in [0.4, 0.5) is 5.69 Å². The number of carbonyl (C=O) groups excluding carboxylic acids is 2. The van der Waals surface area contributed by atoms with Gasteiger partial charge in [0.2, 0.25) is 0 Å². The van der Waals surface area contributed by atoms with Gasteiger partial charge in [-0.25, -0.2) is 4.79 Å². The zero-order chi connectivity index (χ0) is 18.7. The first-order valence-corrected chi connectivity index (χ1v) is 7.95. The number of benzene rings is 2. The van der Waals surface area contributed by atoms with Crippen molar-refractivity contribution in [3.63, 3.8) is 0 Å². The van der Waals surface area contributed by atoms with E-state index in [9.17, 15) is 14.7 Å². The molecule has 1 amide bonds. The molecule has 0 atom stereocenters. The second-order valence-corrected chi connectivity index (χ2v) is 5.70. The molecule has 1 heterocycles. The first kappa shape index (κ1) is 17.6. The molecule has 3 rings (SSSR count). The fraction of sp³-hybridized carbons (Fsp3) is 0.0526. The lowest BCUT2D eigenvalue weighted by Crippen LogP contribution is -2.12. The summed E-state index contributed by atoms with van der Waals surface area (Å²) in [4.78, 5) is 24.0. The normalized spacial score (nSPS) is 10.4. The van der Waals surface area contributed by atoms with Crippen LogP contribution in [-0.2, 0) is 4.74 Å². The summed E-state index contributed by atoms with van der Waals surface area (Å²) in [5.74, 6) is -1.21. The van der Waals surface area contributed by atoms with Gasteiger partial charge in [-0.1, -0.05) is 29.8 Å². The fourth-order valence-corrected chi connectivity index (χ4v) is 2.60. The zero-order valence-electron chi connectivity index (χ0n) is 13.7. The Morgan fingerprint density at radius 2 is 1.85 bits per heavy atom. The number of ether oxygens (including phenoxy) is 1. The maximum absolute atomic E-state index is 12.4.